The molecular formula is C21H20ClFN2O4. The number of nitrogens with one attached hydrogen (secondary N) is 1. The Morgan fingerprint density at radius 1 is 1.31 bits per heavy atom. The van der Waals surface area contributed by atoms with Gasteiger partial charge in [0.05, 0.1) is 6.61 Å². The molecule has 0 unspecified atom stereocenters. The van der Waals surface area contributed by atoms with Crippen molar-refractivity contribution in [1.29, 1.82) is 0 Å². The maximum absolute atomic E-state index is 13.4. The summed E-state index contributed by atoms with van der Waals surface area (Å²) in [5, 5.41) is 13.5. The van der Waals surface area contributed by atoms with E-state index in [9.17, 15) is 19.1 Å². The van der Waals surface area contributed by atoms with Crippen molar-refractivity contribution in [1.82, 2.24) is 5.32 Å². The molecule has 1 atom stereocenters. The van der Waals surface area contributed by atoms with E-state index in [1.807, 2.05) is 12.1 Å². The molecule has 2 heterocycles. The molecule has 2 aromatic rings. The van der Waals surface area contributed by atoms with E-state index in [1.54, 1.807) is 6.07 Å². The monoisotopic (exact) mass is 418 g/mol. The van der Waals surface area contributed by atoms with Crippen LogP contribution in [0.1, 0.15) is 24.0 Å². The summed E-state index contributed by atoms with van der Waals surface area (Å²) in [5.41, 5.74) is -0.1000. The van der Waals surface area contributed by atoms with Crippen LogP contribution >= 0.6 is 11.6 Å². The third-order valence-electron chi connectivity index (χ3n) is 5.25. The van der Waals surface area contributed by atoms with Crippen LogP contribution in [0.3, 0.4) is 0 Å². The van der Waals surface area contributed by atoms with Gasteiger partial charge in [-0.25, -0.2) is 4.39 Å². The van der Waals surface area contributed by atoms with Gasteiger partial charge in [-0.1, -0.05) is 11.6 Å². The van der Waals surface area contributed by atoms with Crippen molar-refractivity contribution in [2.24, 2.45) is 0 Å². The van der Waals surface area contributed by atoms with E-state index in [0.29, 0.717) is 17.9 Å². The first-order valence-electron chi connectivity index (χ1n) is 9.40. The Balaban J connectivity index is 1.47. The molecule has 2 aromatic carbocycles. The van der Waals surface area contributed by atoms with E-state index in [0.717, 1.165) is 30.2 Å². The number of halogens is 2. The van der Waals surface area contributed by atoms with Crippen LogP contribution in [0.15, 0.2) is 36.4 Å². The van der Waals surface area contributed by atoms with Gasteiger partial charge in [0.15, 0.2) is 0 Å². The lowest BCUT2D eigenvalue weighted by molar-refractivity contribution is -0.149. The van der Waals surface area contributed by atoms with Crippen LogP contribution in [0.5, 0.6) is 5.75 Å². The fourth-order valence-corrected chi connectivity index (χ4v) is 3.96. The topological polar surface area (TPSA) is 78.9 Å². The van der Waals surface area contributed by atoms with Gasteiger partial charge in [-0.15, -0.1) is 0 Å². The van der Waals surface area contributed by atoms with Crippen LogP contribution in [0.2, 0.25) is 5.02 Å². The molecule has 2 amide bonds. The van der Waals surface area contributed by atoms with Gasteiger partial charge in [0, 0.05) is 30.2 Å². The lowest BCUT2D eigenvalue weighted by Crippen LogP contribution is -2.52. The molecule has 1 saturated heterocycles. The minimum atomic E-state index is -2.16. The van der Waals surface area contributed by atoms with Crippen molar-refractivity contribution >= 4 is 29.1 Å². The predicted octanol–water partition coefficient (Wildman–Crippen LogP) is 2.59. The van der Waals surface area contributed by atoms with Crippen LogP contribution in [0.4, 0.5) is 10.1 Å². The third kappa shape index (κ3) is 3.80. The molecule has 0 aromatic heterocycles. The summed E-state index contributed by atoms with van der Waals surface area (Å²) in [6, 6.07) is 9.32. The Morgan fingerprint density at radius 3 is 2.93 bits per heavy atom. The number of nitrogens with zero attached hydrogens (tertiary/aromatic N) is 1. The highest BCUT2D eigenvalue weighted by molar-refractivity contribution is 6.30. The number of hydrogen-bond acceptors (Lipinski definition) is 4. The molecule has 0 radical (unpaired) electrons. The molecule has 1 fully saturated rings. The molecule has 4 rings (SSSR count). The Bertz CT molecular complexity index is 963. The van der Waals surface area contributed by atoms with Gasteiger partial charge < -0.3 is 20.1 Å². The second-order valence-corrected chi connectivity index (χ2v) is 7.71. The number of ether oxygens (including phenoxy) is 1. The average Bonchev–Trinajstić information content (AvgIpc) is 3.01. The number of fused-ring (bicyclic) bond motifs is 1. The molecule has 2 N–H and O–H groups in total. The minimum Gasteiger partial charge on any atom is -0.493 e. The van der Waals surface area contributed by atoms with Crippen molar-refractivity contribution < 1.29 is 23.8 Å². The highest BCUT2D eigenvalue weighted by Crippen LogP contribution is 2.33. The molecule has 0 spiro atoms. The molecule has 0 bridgehead atoms. The largest absolute Gasteiger partial charge is 0.493 e. The van der Waals surface area contributed by atoms with E-state index in [4.69, 9.17) is 16.3 Å². The molecule has 0 aliphatic carbocycles. The lowest BCUT2D eigenvalue weighted by Gasteiger charge is -2.24. The van der Waals surface area contributed by atoms with Gasteiger partial charge in [-0.2, -0.15) is 0 Å². The van der Waals surface area contributed by atoms with Crippen molar-refractivity contribution in [3.05, 3.63) is 58.4 Å². The minimum absolute atomic E-state index is 0.0326. The van der Waals surface area contributed by atoms with Gasteiger partial charge in [-0.3, -0.25) is 9.59 Å². The second kappa shape index (κ2) is 7.65. The van der Waals surface area contributed by atoms with Crippen molar-refractivity contribution in [3.63, 3.8) is 0 Å². The summed E-state index contributed by atoms with van der Waals surface area (Å²) in [7, 11) is 0. The Hall–Kier alpha value is -2.64. The van der Waals surface area contributed by atoms with Crippen LogP contribution in [0.25, 0.3) is 0 Å². The SMILES string of the molecule is O=C(NCc1cc(F)cc(Cl)c1)[C@]1(O)CCN(c2ccc3c(c2)CCCO3)C1=O. The number of rotatable bonds is 4. The van der Waals surface area contributed by atoms with Gasteiger partial charge >= 0.3 is 0 Å². The standard InChI is InChI=1S/C21H20ClFN2O4/c22-15-8-13(9-16(23)11-15)12-24-19(26)21(28)5-6-25(20(21)27)17-3-4-18-14(10-17)2-1-7-29-18/h3-4,8-11,28H,1-2,5-7,12H2,(H,24,26)/t21-/m1/s1. The second-order valence-electron chi connectivity index (χ2n) is 7.27. The molecule has 8 heteroatoms. The maximum atomic E-state index is 13.4. The quantitative estimate of drug-likeness (QED) is 0.748. The first-order valence-corrected chi connectivity index (χ1v) is 9.78. The number of carbonyl (C=O) groups is 2. The van der Waals surface area contributed by atoms with Crippen LogP contribution < -0.4 is 15.0 Å². The number of carbonyl (C=O) groups excluding carboxylic acids is 2. The fourth-order valence-electron chi connectivity index (χ4n) is 3.72. The predicted molar refractivity (Wildman–Crippen MR) is 105 cm³/mol. The normalized spacial score (nSPS) is 20.9. The highest BCUT2D eigenvalue weighted by Gasteiger charge is 2.51. The zero-order valence-electron chi connectivity index (χ0n) is 15.6. The first-order chi connectivity index (χ1) is 13.9. The fraction of sp³-hybridized carbons (Fsp3) is 0.333. The van der Waals surface area contributed by atoms with Crippen molar-refractivity contribution in [2.45, 2.75) is 31.4 Å². The van der Waals surface area contributed by atoms with Gasteiger partial charge in [0.2, 0.25) is 5.60 Å². The molecule has 2 aliphatic rings. The Morgan fingerprint density at radius 2 is 2.14 bits per heavy atom. The van der Waals surface area contributed by atoms with Gasteiger partial charge in [-0.05, 0) is 60.4 Å². The number of hydrogen-bond donors (Lipinski definition) is 2. The number of amides is 2. The molecule has 6 nitrogen and oxygen atoms in total. The summed E-state index contributed by atoms with van der Waals surface area (Å²) >= 11 is 5.81. The molecule has 29 heavy (non-hydrogen) atoms. The van der Waals surface area contributed by atoms with Gasteiger partial charge in [0.25, 0.3) is 11.8 Å². The summed E-state index contributed by atoms with van der Waals surface area (Å²) in [6.45, 7) is 0.835. The number of benzene rings is 2. The summed E-state index contributed by atoms with van der Waals surface area (Å²) in [5.74, 6) is -1.22. The van der Waals surface area contributed by atoms with E-state index in [1.165, 1.54) is 17.0 Å². The molecule has 152 valence electrons. The van der Waals surface area contributed by atoms with E-state index in [-0.39, 0.29) is 24.5 Å². The summed E-state index contributed by atoms with van der Waals surface area (Å²) in [6.07, 6.45) is 1.72. The highest BCUT2D eigenvalue weighted by atomic mass is 35.5. The summed E-state index contributed by atoms with van der Waals surface area (Å²) in [4.78, 5) is 26.8. The van der Waals surface area contributed by atoms with E-state index in [2.05, 4.69) is 5.32 Å². The zero-order valence-corrected chi connectivity index (χ0v) is 16.3. The van der Waals surface area contributed by atoms with Crippen molar-refractivity contribution in [2.75, 3.05) is 18.1 Å². The van der Waals surface area contributed by atoms with E-state index < -0.39 is 23.2 Å². The molecule has 0 saturated carbocycles. The van der Waals surface area contributed by atoms with Crippen LogP contribution in [-0.4, -0.2) is 35.7 Å². The third-order valence-corrected chi connectivity index (χ3v) is 5.47. The number of aliphatic hydroxyl groups is 1. The van der Waals surface area contributed by atoms with Crippen molar-refractivity contribution in [3.8, 4) is 5.75 Å². The number of anilines is 1. The van der Waals surface area contributed by atoms with Crippen LogP contribution in [0, 0.1) is 5.82 Å². The lowest BCUT2D eigenvalue weighted by atomic mass is 10.0. The zero-order chi connectivity index (χ0) is 20.6. The van der Waals surface area contributed by atoms with Crippen LogP contribution in [-0.2, 0) is 22.6 Å². The molecular weight excluding hydrogens is 399 g/mol. The van der Waals surface area contributed by atoms with E-state index >= 15 is 0 Å². The smallest absolute Gasteiger partial charge is 0.268 e. The summed E-state index contributed by atoms with van der Waals surface area (Å²) < 4.78 is 19.0. The Kier molecular flexibility index (Phi) is 5.19. The van der Waals surface area contributed by atoms with Gasteiger partial charge in [0.1, 0.15) is 11.6 Å². The maximum Gasteiger partial charge on any atom is 0.268 e. The Labute approximate surface area is 172 Å². The first kappa shape index (κ1) is 19.7. The molecule has 2 aliphatic heterocycles. The number of aryl methyl sites for hydroxylation is 1. The average molecular weight is 419 g/mol.